The van der Waals surface area contributed by atoms with Crippen LogP contribution in [0, 0.1) is 0 Å². The van der Waals surface area contributed by atoms with Gasteiger partial charge in [-0.2, -0.15) is 0 Å². The highest BCUT2D eigenvalue weighted by Gasteiger charge is 2.05. The van der Waals surface area contributed by atoms with E-state index in [9.17, 15) is 0 Å². The summed E-state index contributed by atoms with van der Waals surface area (Å²) >= 11 is 0. The third kappa shape index (κ3) is 2.57. The van der Waals surface area contributed by atoms with Gasteiger partial charge in [0.1, 0.15) is 0 Å². The molecule has 0 aromatic heterocycles. The van der Waals surface area contributed by atoms with Crippen LogP contribution in [0.3, 0.4) is 0 Å². The van der Waals surface area contributed by atoms with E-state index in [-0.39, 0.29) is 0 Å². The molecular weight excluding hydrogens is 136 g/mol. The van der Waals surface area contributed by atoms with Crippen LogP contribution in [-0.4, -0.2) is 7.11 Å². The molecule has 0 spiro atoms. The standard InChI is InChI=1S/C10H18O/c1-9-7-5-3-4-6-8-10(9)11-2/h3-8H2,1-2H3. The van der Waals surface area contributed by atoms with Crippen LogP contribution < -0.4 is 0 Å². The molecule has 1 rings (SSSR count). The maximum Gasteiger partial charge on any atom is 0.0944 e. The molecule has 0 unspecified atom stereocenters. The molecule has 0 aliphatic heterocycles. The zero-order valence-electron chi connectivity index (χ0n) is 7.65. The second-order valence-electron chi connectivity index (χ2n) is 3.32. The summed E-state index contributed by atoms with van der Waals surface area (Å²) in [6.07, 6.45) is 7.82. The summed E-state index contributed by atoms with van der Waals surface area (Å²) in [6.45, 7) is 2.20. The lowest BCUT2D eigenvalue weighted by Gasteiger charge is -2.14. The van der Waals surface area contributed by atoms with Gasteiger partial charge < -0.3 is 4.74 Å². The lowest BCUT2D eigenvalue weighted by Crippen LogP contribution is -1.96. The van der Waals surface area contributed by atoms with E-state index in [0.29, 0.717) is 0 Å². The molecule has 0 heterocycles. The summed E-state index contributed by atoms with van der Waals surface area (Å²) in [5.41, 5.74) is 1.46. The van der Waals surface area contributed by atoms with E-state index >= 15 is 0 Å². The predicted octanol–water partition coefficient (Wildman–Crippen LogP) is 3.26. The average molecular weight is 154 g/mol. The minimum atomic E-state index is 1.16. The third-order valence-electron chi connectivity index (χ3n) is 2.43. The number of hydrogen-bond acceptors (Lipinski definition) is 1. The molecule has 0 aromatic carbocycles. The van der Waals surface area contributed by atoms with Crippen molar-refractivity contribution in [3.63, 3.8) is 0 Å². The quantitative estimate of drug-likeness (QED) is 0.563. The first-order valence-electron chi connectivity index (χ1n) is 4.57. The summed E-state index contributed by atoms with van der Waals surface area (Å²) in [5, 5.41) is 0. The van der Waals surface area contributed by atoms with Crippen molar-refractivity contribution in [2.75, 3.05) is 7.11 Å². The second kappa shape index (κ2) is 4.42. The molecule has 0 radical (unpaired) electrons. The summed E-state index contributed by atoms with van der Waals surface area (Å²) in [4.78, 5) is 0. The van der Waals surface area contributed by atoms with E-state index in [0.717, 1.165) is 6.42 Å². The molecule has 0 saturated carbocycles. The van der Waals surface area contributed by atoms with Gasteiger partial charge in [-0.25, -0.2) is 0 Å². The first-order chi connectivity index (χ1) is 5.34. The molecule has 0 atom stereocenters. The second-order valence-corrected chi connectivity index (χ2v) is 3.32. The van der Waals surface area contributed by atoms with E-state index in [1.54, 1.807) is 7.11 Å². The Morgan fingerprint density at radius 2 is 1.64 bits per heavy atom. The molecule has 0 aromatic rings. The molecule has 1 aliphatic carbocycles. The van der Waals surface area contributed by atoms with Gasteiger partial charge in [0.2, 0.25) is 0 Å². The van der Waals surface area contributed by atoms with Gasteiger partial charge in [0.15, 0.2) is 0 Å². The number of ether oxygens (including phenoxy) is 1. The Morgan fingerprint density at radius 1 is 1.00 bits per heavy atom. The molecule has 11 heavy (non-hydrogen) atoms. The Balaban J connectivity index is 2.56. The van der Waals surface area contributed by atoms with Crippen LogP contribution in [0.25, 0.3) is 0 Å². The van der Waals surface area contributed by atoms with Crippen LogP contribution in [0.4, 0.5) is 0 Å². The van der Waals surface area contributed by atoms with Crippen LogP contribution >= 0.6 is 0 Å². The van der Waals surface area contributed by atoms with Crippen LogP contribution in [-0.2, 0) is 4.74 Å². The Kier molecular flexibility index (Phi) is 3.47. The summed E-state index contributed by atoms with van der Waals surface area (Å²) in [6, 6.07) is 0. The maximum atomic E-state index is 5.32. The maximum absolute atomic E-state index is 5.32. The smallest absolute Gasteiger partial charge is 0.0944 e. The number of allylic oxidation sites excluding steroid dienone is 2. The molecular formula is C10H18O. The fraction of sp³-hybridized carbons (Fsp3) is 0.800. The molecule has 1 heteroatoms. The fourth-order valence-corrected chi connectivity index (χ4v) is 1.66. The number of methoxy groups -OCH3 is 1. The zero-order valence-corrected chi connectivity index (χ0v) is 7.65. The van der Waals surface area contributed by atoms with Crippen LogP contribution in [0.5, 0.6) is 0 Å². The van der Waals surface area contributed by atoms with Crippen molar-refractivity contribution in [1.82, 2.24) is 0 Å². The Bertz CT molecular complexity index is 147. The van der Waals surface area contributed by atoms with Crippen molar-refractivity contribution in [2.24, 2.45) is 0 Å². The molecule has 64 valence electrons. The van der Waals surface area contributed by atoms with E-state index < -0.39 is 0 Å². The van der Waals surface area contributed by atoms with Gasteiger partial charge in [0.25, 0.3) is 0 Å². The van der Waals surface area contributed by atoms with Crippen LogP contribution in [0.2, 0.25) is 0 Å². The van der Waals surface area contributed by atoms with Gasteiger partial charge in [0.05, 0.1) is 12.9 Å². The van der Waals surface area contributed by atoms with Crippen molar-refractivity contribution < 1.29 is 4.74 Å². The summed E-state index contributed by atoms with van der Waals surface area (Å²) in [5.74, 6) is 1.24. The molecule has 0 saturated heterocycles. The SMILES string of the molecule is COC1=C(C)CCCCCC1. The normalized spacial score (nSPS) is 20.9. The van der Waals surface area contributed by atoms with Gasteiger partial charge in [-0.3, -0.25) is 0 Å². The minimum absolute atomic E-state index is 1.16. The largest absolute Gasteiger partial charge is 0.501 e. The van der Waals surface area contributed by atoms with E-state index in [1.165, 1.54) is 43.4 Å². The monoisotopic (exact) mass is 154 g/mol. The van der Waals surface area contributed by atoms with Crippen molar-refractivity contribution in [1.29, 1.82) is 0 Å². The number of rotatable bonds is 1. The highest BCUT2D eigenvalue weighted by Crippen LogP contribution is 2.22. The Morgan fingerprint density at radius 3 is 2.27 bits per heavy atom. The van der Waals surface area contributed by atoms with Gasteiger partial charge >= 0.3 is 0 Å². The molecule has 0 bridgehead atoms. The fourth-order valence-electron chi connectivity index (χ4n) is 1.66. The third-order valence-corrected chi connectivity index (χ3v) is 2.43. The molecule has 0 amide bonds. The highest BCUT2D eigenvalue weighted by molar-refractivity contribution is 5.06. The topological polar surface area (TPSA) is 9.23 Å². The van der Waals surface area contributed by atoms with E-state index in [1.807, 2.05) is 0 Å². The van der Waals surface area contributed by atoms with Crippen LogP contribution in [0.1, 0.15) is 45.4 Å². The van der Waals surface area contributed by atoms with E-state index in [4.69, 9.17) is 4.74 Å². The van der Waals surface area contributed by atoms with Crippen molar-refractivity contribution in [3.8, 4) is 0 Å². The van der Waals surface area contributed by atoms with Gasteiger partial charge in [-0.15, -0.1) is 0 Å². The average Bonchev–Trinajstić information content (AvgIpc) is 1.98. The van der Waals surface area contributed by atoms with Crippen molar-refractivity contribution in [3.05, 3.63) is 11.3 Å². The van der Waals surface area contributed by atoms with Gasteiger partial charge in [0, 0.05) is 6.42 Å². The first kappa shape index (κ1) is 8.63. The minimum Gasteiger partial charge on any atom is -0.501 e. The van der Waals surface area contributed by atoms with Gasteiger partial charge in [-0.05, 0) is 31.8 Å². The lowest BCUT2D eigenvalue weighted by atomic mass is 10.00. The molecule has 1 nitrogen and oxygen atoms in total. The van der Waals surface area contributed by atoms with Crippen LogP contribution in [0.15, 0.2) is 11.3 Å². The molecule has 0 N–H and O–H groups in total. The lowest BCUT2D eigenvalue weighted by molar-refractivity contribution is 0.264. The Hall–Kier alpha value is -0.460. The molecule has 1 aliphatic rings. The number of hydrogen-bond donors (Lipinski definition) is 0. The highest BCUT2D eigenvalue weighted by atomic mass is 16.5. The zero-order chi connectivity index (χ0) is 8.10. The van der Waals surface area contributed by atoms with Crippen molar-refractivity contribution >= 4 is 0 Å². The first-order valence-corrected chi connectivity index (χ1v) is 4.57. The summed E-state index contributed by atoms with van der Waals surface area (Å²) in [7, 11) is 1.79. The van der Waals surface area contributed by atoms with Crippen molar-refractivity contribution in [2.45, 2.75) is 45.4 Å². The van der Waals surface area contributed by atoms with E-state index in [2.05, 4.69) is 6.92 Å². The predicted molar refractivity (Wildman–Crippen MR) is 47.4 cm³/mol. The Labute approximate surface area is 69.4 Å². The van der Waals surface area contributed by atoms with Gasteiger partial charge in [-0.1, -0.05) is 12.8 Å². The molecule has 0 fully saturated rings. The summed E-state index contributed by atoms with van der Waals surface area (Å²) < 4.78 is 5.32.